The van der Waals surface area contributed by atoms with E-state index < -0.39 is 17.4 Å². The molecule has 0 unspecified atom stereocenters. The van der Waals surface area contributed by atoms with Crippen molar-refractivity contribution in [3.63, 3.8) is 0 Å². The number of para-hydroxylation sites is 1. The fourth-order valence-corrected chi connectivity index (χ4v) is 3.48. The van der Waals surface area contributed by atoms with E-state index in [1.165, 1.54) is 0 Å². The molecule has 0 bridgehead atoms. The first-order valence-electron chi connectivity index (χ1n) is 10.9. The van der Waals surface area contributed by atoms with Gasteiger partial charge in [-0.15, -0.1) is 10.2 Å². The smallest absolute Gasteiger partial charge is 0.273 e. The van der Waals surface area contributed by atoms with Crippen LogP contribution in [0.15, 0.2) is 28.7 Å². The van der Waals surface area contributed by atoms with Crippen LogP contribution in [-0.4, -0.2) is 37.8 Å². The number of aromatic nitrogens is 4. The van der Waals surface area contributed by atoms with E-state index in [0.29, 0.717) is 30.1 Å². The highest BCUT2D eigenvalue weighted by atomic mass is 16.4. The van der Waals surface area contributed by atoms with Gasteiger partial charge in [0.05, 0.1) is 18.1 Å². The molecular formula is C23H29N7O3. The molecule has 2 heterocycles. The molecule has 0 aliphatic heterocycles. The van der Waals surface area contributed by atoms with Gasteiger partial charge >= 0.3 is 0 Å². The third-order valence-electron chi connectivity index (χ3n) is 5.17. The van der Waals surface area contributed by atoms with Gasteiger partial charge in [0.2, 0.25) is 17.7 Å². The van der Waals surface area contributed by atoms with Crippen LogP contribution >= 0.6 is 0 Å². The van der Waals surface area contributed by atoms with Crippen LogP contribution in [0, 0.1) is 23.7 Å². The Kier molecular flexibility index (Phi) is 7.43. The van der Waals surface area contributed by atoms with Crippen LogP contribution in [0.25, 0.3) is 10.9 Å². The largest absolute Gasteiger partial charge is 0.424 e. The summed E-state index contributed by atoms with van der Waals surface area (Å²) in [5.41, 5.74) is 0.545. The van der Waals surface area contributed by atoms with Crippen LogP contribution in [0.3, 0.4) is 0 Å². The maximum absolute atomic E-state index is 13.2. The molecule has 174 valence electrons. The zero-order valence-electron chi connectivity index (χ0n) is 19.4. The lowest BCUT2D eigenvalue weighted by atomic mass is 9.86. The number of carbonyl (C=O) groups excluding carboxylic acids is 2. The molecule has 0 saturated carbocycles. The van der Waals surface area contributed by atoms with E-state index in [2.05, 4.69) is 32.0 Å². The predicted octanol–water partition coefficient (Wildman–Crippen LogP) is 2.88. The van der Waals surface area contributed by atoms with E-state index in [4.69, 9.17) is 9.68 Å². The first-order chi connectivity index (χ1) is 15.7. The van der Waals surface area contributed by atoms with Gasteiger partial charge in [0.15, 0.2) is 5.69 Å². The molecule has 0 saturated heterocycles. The minimum absolute atomic E-state index is 0.0718. The van der Waals surface area contributed by atoms with Crippen molar-refractivity contribution in [2.24, 2.45) is 5.41 Å². The zero-order chi connectivity index (χ0) is 24.0. The summed E-state index contributed by atoms with van der Waals surface area (Å²) < 4.78 is 7.08. The van der Waals surface area contributed by atoms with E-state index in [9.17, 15) is 9.59 Å². The average molecular weight is 452 g/mol. The van der Waals surface area contributed by atoms with Gasteiger partial charge in [0.25, 0.3) is 5.91 Å². The normalized spacial score (nSPS) is 12.3. The molecule has 2 amide bonds. The number of fused-ring (bicyclic) bond motifs is 1. The Hall–Kier alpha value is -3.74. The number of amides is 2. The third kappa shape index (κ3) is 5.94. The maximum atomic E-state index is 13.2. The SMILES string of the molecule is Cc1nnc(CNC(=O)[C@@H](NC(=O)c2nn(CCCCC#N)c3ccccc23)C(C)(C)C)o1. The minimum Gasteiger partial charge on any atom is -0.424 e. The van der Waals surface area contributed by atoms with E-state index in [1.54, 1.807) is 11.6 Å². The second-order valence-corrected chi connectivity index (χ2v) is 8.91. The molecule has 3 aromatic rings. The summed E-state index contributed by atoms with van der Waals surface area (Å²) in [4.78, 5) is 26.2. The first-order valence-corrected chi connectivity index (χ1v) is 10.9. The molecule has 33 heavy (non-hydrogen) atoms. The van der Waals surface area contributed by atoms with E-state index in [0.717, 1.165) is 18.4 Å². The Bertz CT molecular complexity index is 1170. The Morgan fingerprint density at radius 3 is 2.64 bits per heavy atom. The quantitative estimate of drug-likeness (QED) is 0.477. The highest BCUT2D eigenvalue weighted by molar-refractivity contribution is 6.06. The number of aryl methyl sites for hydroxylation is 2. The van der Waals surface area contributed by atoms with Crippen LogP contribution in [0.2, 0.25) is 0 Å². The number of rotatable bonds is 9. The summed E-state index contributed by atoms with van der Waals surface area (Å²) in [6, 6.07) is 8.81. The van der Waals surface area contributed by atoms with Crippen LogP contribution in [-0.2, 0) is 17.9 Å². The van der Waals surface area contributed by atoms with Crippen molar-refractivity contribution >= 4 is 22.7 Å². The molecule has 10 heteroatoms. The third-order valence-corrected chi connectivity index (χ3v) is 5.17. The van der Waals surface area contributed by atoms with Gasteiger partial charge in [-0.1, -0.05) is 39.0 Å². The lowest BCUT2D eigenvalue weighted by Gasteiger charge is -2.30. The Morgan fingerprint density at radius 2 is 1.97 bits per heavy atom. The summed E-state index contributed by atoms with van der Waals surface area (Å²) in [6.07, 6.45) is 2.03. The molecule has 2 N–H and O–H groups in total. The van der Waals surface area contributed by atoms with Crippen molar-refractivity contribution in [2.75, 3.05) is 0 Å². The molecule has 0 spiro atoms. The van der Waals surface area contributed by atoms with Crippen molar-refractivity contribution in [2.45, 2.75) is 66.1 Å². The van der Waals surface area contributed by atoms with Crippen molar-refractivity contribution in [3.8, 4) is 6.07 Å². The van der Waals surface area contributed by atoms with Crippen molar-refractivity contribution in [1.29, 1.82) is 5.26 Å². The highest BCUT2D eigenvalue weighted by Crippen LogP contribution is 2.23. The van der Waals surface area contributed by atoms with Gasteiger partial charge in [0, 0.05) is 25.3 Å². The van der Waals surface area contributed by atoms with E-state index in [-0.39, 0.29) is 18.1 Å². The number of nitrogens with one attached hydrogen (secondary N) is 2. The van der Waals surface area contributed by atoms with Crippen molar-refractivity contribution < 1.29 is 14.0 Å². The monoisotopic (exact) mass is 451 g/mol. The number of hydrogen-bond donors (Lipinski definition) is 2. The molecule has 2 aromatic heterocycles. The van der Waals surface area contributed by atoms with Gasteiger partial charge in [0.1, 0.15) is 6.04 Å². The second kappa shape index (κ2) is 10.3. The number of hydrogen-bond acceptors (Lipinski definition) is 7. The molecule has 3 rings (SSSR count). The number of benzene rings is 1. The lowest BCUT2D eigenvalue weighted by molar-refractivity contribution is -0.125. The number of carbonyl (C=O) groups is 2. The van der Waals surface area contributed by atoms with Crippen molar-refractivity contribution in [1.82, 2.24) is 30.6 Å². The topological polar surface area (TPSA) is 139 Å². The summed E-state index contributed by atoms with van der Waals surface area (Å²) in [5, 5.41) is 27.2. The summed E-state index contributed by atoms with van der Waals surface area (Å²) in [7, 11) is 0. The fourth-order valence-electron chi connectivity index (χ4n) is 3.48. The van der Waals surface area contributed by atoms with Crippen molar-refractivity contribution in [3.05, 3.63) is 41.7 Å². The fraction of sp³-hybridized carbons (Fsp3) is 0.478. The Morgan fingerprint density at radius 1 is 1.21 bits per heavy atom. The molecule has 0 aliphatic rings. The Labute approximate surface area is 192 Å². The summed E-state index contributed by atoms with van der Waals surface area (Å²) >= 11 is 0. The molecule has 0 fully saturated rings. The van der Waals surface area contributed by atoms with Gasteiger partial charge in [-0.25, -0.2) is 0 Å². The molecule has 10 nitrogen and oxygen atoms in total. The maximum Gasteiger partial charge on any atom is 0.273 e. The number of nitrogens with zero attached hydrogens (tertiary/aromatic N) is 5. The molecule has 0 aliphatic carbocycles. The Balaban J connectivity index is 1.77. The minimum atomic E-state index is -0.812. The van der Waals surface area contributed by atoms with Crippen LogP contribution < -0.4 is 10.6 Å². The number of nitriles is 1. The molecule has 1 atom stereocenters. The zero-order valence-corrected chi connectivity index (χ0v) is 19.4. The number of unbranched alkanes of at least 4 members (excludes halogenated alkanes) is 2. The summed E-state index contributed by atoms with van der Waals surface area (Å²) in [6.45, 7) is 7.97. The van der Waals surface area contributed by atoms with Gasteiger partial charge < -0.3 is 15.1 Å². The molecule has 1 aromatic carbocycles. The van der Waals surface area contributed by atoms with E-state index >= 15 is 0 Å². The molecular weight excluding hydrogens is 422 g/mol. The molecule has 0 radical (unpaired) electrons. The second-order valence-electron chi connectivity index (χ2n) is 8.91. The van der Waals surface area contributed by atoms with Crippen LogP contribution in [0.4, 0.5) is 0 Å². The van der Waals surface area contributed by atoms with Gasteiger partial charge in [-0.3, -0.25) is 14.3 Å². The standard InChI is InChI=1S/C23H29N7O3/c1-15-27-28-18(33-15)14-25-22(32)20(23(2,3)4)26-21(31)19-16-10-6-7-11-17(16)30(29-19)13-9-5-8-12-24/h6-7,10-11,20H,5,8-9,13-14H2,1-4H3,(H,25,32)(H,26,31)/t20-/m1/s1. The lowest BCUT2D eigenvalue weighted by Crippen LogP contribution is -2.53. The average Bonchev–Trinajstić information content (AvgIpc) is 3.36. The van der Waals surface area contributed by atoms with Crippen LogP contribution in [0.1, 0.15) is 62.3 Å². The van der Waals surface area contributed by atoms with E-state index in [1.807, 2.05) is 45.0 Å². The highest BCUT2D eigenvalue weighted by Gasteiger charge is 2.34. The van der Waals surface area contributed by atoms with Gasteiger partial charge in [-0.2, -0.15) is 10.4 Å². The predicted molar refractivity (Wildman–Crippen MR) is 121 cm³/mol. The first kappa shape index (κ1) is 23.9. The van der Waals surface area contributed by atoms with Crippen LogP contribution in [0.5, 0.6) is 0 Å². The van der Waals surface area contributed by atoms with Gasteiger partial charge in [-0.05, 0) is 24.3 Å². The summed E-state index contributed by atoms with van der Waals surface area (Å²) in [5.74, 6) is -0.0754.